The fourth-order valence-corrected chi connectivity index (χ4v) is 1.16. The van der Waals surface area contributed by atoms with Gasteiger partial charge in [-0.3, -0.25) is 4.79 Å². The standard InChI is InChI=1S/C10H10F2N2O3/c1-13-4-9(15)14-8-2-5(10(16)17)6(11)3-7(8)12/h2-3,13H,4H2,1H3,(H,14,15)(H,16,17). The van der Waals surface area contributed by atoms with Crippen LogP contribution in [0.1, 0.15) is 10.4 Å². The van der Waals surface area contributed by atoms with Crippen molar-refractivity contribution in [2.24, 2.45) is 0 Å². The van der Waals surface area contributed by atoms with Gasteiger partial charge in [0.1, 0.15) is 11.6 Å². The predicted octanol–water partition coefficient (Wildman–Crippen LogP) is 0.821. The summed E-state index contributed by atoms with van der Waals surface area (Å²) in [6.45, 7) is -0.0702. The van der Waals surface area contributed by atoms with Crippen molar-refractivity contribution in [2.75, 3.05) is 18.9 Å². The van der Waals surface area contributed by atoms with Crippen LogP contribution >= 0.6 is 0 Å². The highest BCUT2D eigenvalue weighted by atomic mass is 19.1. The Bertz CT molecular complexity index is 463. The fraction of sp³-hybridized carbons (Fsp3) is 0.200. The minimum Gasteiger partial charge on any atom is -0.478 e. The number of rotatable bonds is 4. The van der Waals surface area contributed by atoms with Gasteiger partial charge in [-0.2, -0.15) is 0 Å². The average Bonchev–Trinajstić information content (AvgIpc) is 2.21. The van der Waals surface area contributed by atoms with E-state index in [-0.39, 0.29) is 12.2 Å². The summed E-state index contributed by atoms with van der Waals surface area (Å²) in [6, 6.07) is 1.15. The van der Waals surface area contributed by atoms with Gasteiger partial charge in [-0.15, -0.1) is 0 Å². The molecular weight excluding hydrogens is 234 g/mol. The Kier molecular flexibility index (Phi) is 4.11. The van der Waals surface area contributed by atoms with E-state index >= 15 is 0 Å². The lowest BCUT2D eigenvalue weighted by Crippen LogP contribution is -2.25. The van der Waals surface area contributed by atoms with Crippen molar-refractivity contribution in [3.8, 4) is 0 Å². The molecule has 0 heterocycles. The number of amides is 1. The van der Waals surface area contributed by atoms with Gasteiger partial charge in [0.2, 0.25) is 5.91 Å². The third-order valence-electron chi connectivity index (χ3n) is 1.90. The van der Waals surface area contributed by atoms with Gasteiger partial charge in [0.15, 0.2) is 0 Å². The molecule has 0 bridgehead atoms. The Balaban J connectivity index is 3.03. The molecule has 0 saturated carbocycles. The van der Waals surface area contributed by atoms with Crippen molar-refractivity contribution in [3.63, 3.8) is 0 Å². The maximum absolute atomic E-state index is 13.2. The molecule has 1 aromatic rings. The van der Waals surface area contributed by atoms with E-state index in [1.165, 1.54) is 7.05 Å². The maximum Gasteiger partial charge on any atom is 0.338 e. The topological polar surface area (TPSA) is 78.4 Å². The molecule has 0 aromatic heterocycles. The van der Waals surface area contributed by atoms with Gasteiger partial charge in [-0.25, -0.2) is 13.6 Å². The van der Waals surface area contributed by atoms with Gasteiger partial charge >= 0.3 is 5.97 Å². The van der Waals surface area contributed by atoms with Crippen molar-refractivity contribution in [2.45, 2.75) is 0 Å². The van der Waals surface area contributed by atoms with Gasteiger partial charge in [0.25, 0.3) is 0 Å². The van der Waals surface area contributed by atoms with Gasteiger partial charge in [-0.05, 0) is 13.1 Å². The number of benzene rings is 1. The Labute approximate surface area is 95.4 Å². The lowest BCUT2D eigenvalue weighted by atomic mass is 10.2. The largest absolute Gasteiger partial charge is 0.478 e. The molecule has 0 aliphatic rings. The lowest BCUT2D eigenvalue weighted by Gasteiger charge is -2.07. The van der Waals surface area contributed by atoms with Gasteiger partial charge in [0.05, 0.1) is 17.8 Å². The molecule has 0 unspecified atom stereocenters. The van der Waals surface area contributed by atoms with Crippen molar-refractivity contribution < 1.29 is 23.5 Å². The first-order chi connectivity index (χ1) is 7.95. The molecule has 0 aliphatic heterocycles. The Morgan fingerprint density at radius 2 is 1.94 bits per heavy atom. The summed E-state index contributed by atoms with van der Waals surface area (Å²) in [5.41, 5.74) is -1.07. The van der Waals surface area contributed by atoms with Crippen LogP contribution in [0.3, 0.4) is 0 Å². The zero-order valence-corrected chi connectivity index (χ0v) is 8.88. The van der Waals surface area contributed by atoms with E-state index in [9.17, 15) is 18.4 Å². The second kappa shape index (κ2) is 5.35. The molecule has 0 radical (unpaired) electrons. The van der Waals surface area contributed by atoms with Crippen LogP contribution in [0.2, 0.25) is 0 Å². The van der Waals surface area contributed by atoms with Crippen LogP contribution in [0, 0.1) is 11.6 Å². The second-order valence-corrected chi connectivity index (χ2v) is 3.20. The molecule has 0 fully saturated rings. The Morgan fingerprint density at radius 1 is 1.29 bits per heavy atom. The van der Waals surface area contributed by atoms with Crippen LogP contribution in [0.4, 0.5) is 14.5 Å². The molecule has 3 N–H and O–H groups in total. The first-order valence-electron chi connectivity index (χ1n) is 4.62. The summed E-state index contributed by atoms with van der Waals surface area (Å²) in [4.78, 5) is 21.8. The van der Waals surface area contributed by atoms with Crippen molar-refractivity contribution in [3.05, 3.63) is 29.3 Å². The van der Waals surface area contributed by atoms with E-state index in [1.54, 1.807) is 0 Å². The van der Waals surface area contributed by atoms with Gasteiger partial charge in [0, 0.05) is 6.07 Å². The molecule has 5 nitrogen and oxygen atoms in total. The molecule has 0 aliphatic carbocycles. The Hall–Kier alpha value is -2.02. The summed E-state index contributed by atoms with van der Waals surface area (Å²) in [5.74, 6) is -4.32. The Morgan fingerprint density at radius 3 is 2.47 bits per heavy atom. The number of hydrogen-bond donors (Lipinski definition) is 3. The van der Waals surface area contributed by atoms with E-state index < -0.39 is 29.1 Å². The monoisotopic (exact) mass is 244 g/mol. The number of carboxylic acids is 1. The molecule has 92 valence electrons. The smallest absolute Gasteiger partial charge is 0.338 e. The number of carbonyl (C=O) groups excluding carboxylic acids is 1. The molecule has 17 heavy (non-hydrogen) atoms. The molecule has 1 amide bonds. The number of likely N-dealkylation sites (N-methyl/N-ethyl adjacent to an activating group) is 1. The number of aromatic carboxylic acids is 1. The van der Waals surface area contributed by atoms with Crippen LogP contribution in [0.5, 0.6) is 0 Å². The van der Waals surface area contributed by atoms with Crippen molar-refractivity contribution in [1.29, 1.82) is 0 Å². The number of carbonyl (C=O) groups is 2. The molecule has 7 heteroatoms. The first-order valence-corrected chi connectivity index (χ1v) is 4.62. The normalized spacial score (nSPS) is 10.1. The number of hydrogen-bond acceptors (Lipinski definition) is 3. The molecule has 0 saturated heterocycles. The van der Waals surface area contributed by atoms with Crippen LogP contribution in [-0.2, 0) is 4.79 Å². The first kappa shape index (κ1) is 13.0. The molecule has 1 rings (SSSR count). The fourth-order valence-electron chi connectivity index (χ4n) is 1.16. The molecule has 1 aromatic carbocycles. The summed E-state index contributed by atoms with van der Waals surface area (Å²) >= 11 is 0. The third-order valence-corrected chi connectivity index (χ3v) is 1.90. The third kappa shape index (κ3) is 3.22. The van der Waals surface area contributed by atoms with Crippen molar-refractivity contribution >= 4 is 17.6 Å². The van der Waals surface area contributed by atoms with Crippen molar-refractivity contribution in [1.82, 2.24) is 5.32 Å². The molecular formula is C10H10F2N2O3. The van der Waals surface area contributed by atoms with Crippen LogP contribution in [0.15, 0.2) is 12.1 Å². The van der Waals surface area contributed by atoms with E-state index in [0.717, 1.165) is 6.07 Å². The molecule has 0 atom stereocenters. The number of carboxylic acid groups (broad SMARTS) is 1. The van der Waals surface area contributed by atoms with E-state index in [1.807, 2.05) is 0 Å². The van der Waals surface area contributed by atoms with E-state index in [2.05, 4.69) is 10.6 Å². The highest BCUT2D eigenvalue weighted by Crippen LogP contribution is 2.19. The number of nitrogens with one attached hydrogen (secondary N) is 2. The molecule has 0 spiro atoms. The minimum atomic E-state index is -1.54. The highest BCUT2D eigenvalue weighted by molar-refractivity contribution is 5.95. The summed E-state index contributed by atoms with van der Waals surface area (Å²) in [5, 5.41) is 13.3. The van der Waals surface area contributed by atoms with Crippen LogP contribution in [0.25, 0.3) is 0 Å². The summed E-state index contributed by atoms with van der Waals surface area (Å²) in [7, 11) is 1.52. The number of anilines is 1. The second-order valence-electron chi connectivity index (χ2n) is 3.20. The SMILES string of the molecule is CNCC(=O)Nc1cc(C(=O)O)c(F)cc1F. The minimum absolute atomic E-state index is 0.0702. The summed E-state index contributed by atoms with van der Waals surface area (Å²) < 4.78 is 26.2. The van der Waals surface area contributed by atoms with E-state index in [4.69, 9.17) is 5.11 Å². The van der Waals surface area contributed by atoms with Crippen LogP contribution in [-0.4, -0.2) is 30.6 Å². The van der Waals surface area contributed by atoms with E-state index in [0.29, 0.717) is 6.07 Å². The van der Waals surface area contributed by atoms with Crippen LogP contribution < -0.4 is 10.6 Å². The highest BCUT2D eigenvalue weighted by Gasteiger charge is 2.16. The summed E-state index contributed by atoms with van der Waals surface area (Å²) in [6.07, 6.45) is 0. The lowest BCUT2D eigenvalue weighted by molar-refractivity contribution is -0.115. The maximum atomic E-state index is 13.2. The zero-order valence-electron chi connectivity index (χ0n) is 8.88. The predicted molar refractivity (Wildman–Crippen MR) is 55.9 cm³/mol. The van der Waals surface area contributed by atoms with Gasteiger partial charge in [-0.1, -0.05) is 0 Å². The average molecular weight is 244 g/mol. The number of halogens is 2. The zero-order chi connectivity index (χ0) is 13.0. The van der Waals surface area contributed by atoms with Gasteiger partial charge < -0.3 is 15.7 Å². The quantitative estimate of drug-likeness (QED) is 0.732.